The first-order chi connectivity index (χ1) is 8.16. The highest BCUT2D eigenvalue weighted by atomic mass is 35.5. The Morgan fingerprint density at radius 3 is 2.82 bits per heavy atom. The highest BCUT2D eigenvalue weighted by Crippen LogP contribution is 2.22. The van der Waals surface area contributed by atoms with Gasteiger partial charge in [-0.3, -0.25) is 0 Å². The number of rotatable bonds is 4. The third-order valence-corrected chi connectivity index (χ3v) is 2.85. The normalized spacial score (nSPS) is 12.6. The number of nitrogens with one attached hydrogen (secondary N) is 1. The zero-order valence-electron chi connectivity index (χ0n) is 9.77. The Labute approximate surface area is 105 Å². The van der Waals surface area contributed by atoms with E-state index in [1.807, 2.05) is 31.2 Å². The van der Waals surface area contributed by atoms with E-state index in [1.165, 1.54) is 0 Å². The van der Waals surface area contributed by atoms with Crippen molar-refractivity contribution in [3.8, 4) is 0 Å². The number of hydrogen-bond acceptors (Lipinski definition) is 4. The Bertz CT molecular complexity index is 498. The Balaban J connectivity index is 1.98. The van der Waals surface area contributed by atoms with Crippen molar-refractivity contribution in [2.75, 3.05) is 0 Å². The summed E-state index contributed by atoms with van der Waals surface area (Å²) in [5.74, 6) is 1.23. The van der Waals surface area contributed by atoms with Gasteiger partial charge in [-0.05, 0) is 25.5 Å². The van der Waals surface area contributed by atoms with Crippen molar-refractivity contribution in [3.05, 3.63) is 46.6 Å². The molecule has 0 aliphatic heterocycles. The van der Waals surface area contributed by atoms with Crippen LogP contribution in [0, 0.1) is 6.92 Å². The molecule has 0 saturated heterocycles. The van der Waals surface area contributed by atoms with E-state index in [2.05, 4.69) is 15.5 Å². The van der Waals surface area contributed by atoms with Gasteiger partial charge in [0, 0.05) is 11.1 Å². The summed E-state index contributed by atoms with van der Waals surface area (Å²) in [4.78, 5) is 4.13. The molecule has 1 aromatic carbocycles. The van der Waals surface area contributed by atoms with E-state index in [-0.39, 0.29) is 6.04 Å². The van der Waals surface area contributed by atoms with Crippen molar-refractivity contribution in [1.82, 2.24) is 15.5 Å². The predicted octanol–water partition coefficient (Wildman–Crippen LogP) is 2.88. The average Bonchev–Trinajstić information content (AvgIpc) is 2.73. The number of aryl methyl sites for hydroxylation is 1. The summed E-state index contributed by atoms with van der Waals surface area (Å²) in [5.41, 5.74) is 1.06. The Morgan fingerprint density at radius 1 is 1.41 bits per heavy atom. The number of aromatic nitrogens is 2. The summed E-state index contributed by atoms with van der Waals surface area (Å²) in [7, 11) is 0. The first-order valence-corrected chi connectivity index (χ1v) is 5.81. The minimum atomic E-state index is 0.135. The molecule has 0 fully saturated rings. The molecule has 1 aromatic heterocycles. The molecule has 17 heavy (non-hydrogen) atoms. The zero-order chi connectivity index (χ0) is 12.3. The first-order valence-electron chi connectivity index (χ1n) is 5.44. The summed E-state index contributed by atoms with van der Waals surface area (Å²) in [6, 6.07) is 7.90. The molecule has 5 heteroatoms. The van der Waals surface area contributed by atoms with Crippen molar-refractivity contribution in [1.29, 1.82) is 0 Å². The van der Waals surface area contributed by atoms with Crippen LogP contribution in [0.3, 0.4) is 0 Å². The molecule has 1 atom stereocenters. The predicted molar refractivity (Wildman–Crippen MR) is 65.7 cm³/mol. The maximum absolute atomic E-state index is 6.11. The van der Waals surface area contributed by atoms with Crippen LogP contribution in [0.15, 0.2) is 28.8 Å². The third kappa shape index (κ3) is 3.05. The third-order valence-electron chi connectivity index (χ3n) is 2.50. The summed E-state index contributed by atoms with van der Waals surface area (Å²) in [6.07, 6.45) is 0. The lowest BCUT2D eigenvalue weighted by atomic mass is 10.1. The molecule has 2 aromatic rings. The van der Waals surface area contributed by atoms with E-state index in [1.54, 1.807) is 6.92 Å². The van der Waals surface area contributed by atoms with Gasteiger partial charge in [0.1, 0.15) is 0 Å². The van der Waals surface area contributed by atoms with Gasteiger partial charge in [-0.1, -0.05) is 35.0 Å². The molecular formula is C12H14ClN3O. The minimum absolute atomic E-state index is 0.135. The van der Waals surface area contributed by atoms with Gasteiger partial charge < -0.3 is 9.84 Å². The lowest BCUT2D eigenvalue weighted by Crippen LogP contribution is -2.18. The quantitative estimate of drug-likeness (QED) is 0.908. The fourth-order valence-electron chi connectivity index (χ4n) is 1.59. The van der Waals surface area contributed by atoms with Crippen LogP contribution in [0.5, 0.6) is 0 Å². The summed E-state index contributed by atoms with van der Waals surface area (Å²) >= 11 is 6.11. The van der Waals surface area contributed by atoms with Crippen LogP contribution in [-0.4, -0.2) is 10.1 Å². The Morgan fingerprint density at radius 2 is 2.18 bits per heavy atom. The van der Waals surface area contributed by atoms with Gasteiger partial charge in [-0.2, -0.15) is 4.98 Å². The van der Waals surface area contributed by atoms with Crippen LogP contribution < -0.4 is 5.32 Å². The van der Waals surface area contributed by atoms with Crippen LogP contribution in [0.4, 0.5) is 0 Å². The fourth-order valence-corrected chi connectivity index (χ4v) is 1.89. The molecule has 0 amide bonds. The summed E-state index contributed by atoms with van der Waals surface area (Å²) in [6.45, 7) is 4.38. The van der Waals surface area contributed by atoms with E-state index < -0.39 is 0 Å². The fraction of sp³-hybridized carbons (Fsp3) is 0.333. The maximum Gasteiger partial charge on any atom is 0.240 e. The van der Waals surface area contributed by atoms with Crippen LogP contribution in [0.25, 0.3) is 0 Å². The lowest BCUT2D eigenvalue weighted by molar-refractivity contribution is 0.357. The van der Waals surface area contributed by atoms with Gasteiger partial charge in [-0.15, -0.1) is 0 Å². The summed E-state index contributed by atoms with van der Waals surface area (Å²) in [5, 5.41) is 7.78. The van der Waals surface area contributed by atoms with Gasteiger partial charge in [0.2, 0.25) is 5.89 Å². The maximum atomic E-state index is 6.11. The zero-order valence-corrected chi connectivity index (χ0v) is 10.5. The summed E-state index contributed by atoms with van der Waals surface area (Å²) < 4.78 is 5.02. The molecule has 1 unspecified atom stereocenters. The lowest BCUT2D eigenvalue weighted by Gasteiger charge is -2.13. The molecule has 0 radical (unpaired) electrons. The van der Waals surface area contributed by atoms with Crippen molar-refractivity contribution >= 4 is 11.6 Å². The molecule has 0 bridgehead atoms. The van der Waals surface area contributed by atoms with Gasteiger partial charge >= 0.3 is 0 Å². The number of nitrogens with zero attached hydrogens (tertiary/aromatic N) is 2. The van der Waals surface area contributed by atoms with E-state index in [0.29, 0.717) is 18.3 Å². The smallest absolute Gasteiger partial charge is 0.240 e. The van der Waals surface area contributed by atoms with Crippen LogP contribution >= 0.6 is 11.6 Å². The molecule has 2 rings (SSSR count). The molecule has 0 saturated carbocycles. The van der Waals surface area contributed by atoms with Crippen molar-refractivity contribution in [3.63, 3.8) is 0 Å². The van der Waals surface area contributed by atoms with Gasteiger partial charge in [0.15, 0.2) is 5.82 Å². The molecule has 0 aliphatic rings. The second-order valence-corrected chi connectivity index (χ2v) is 4.27. The van der Waals surface area contributed by atoms with Gasteiger partial charge in [0.05, 0.1) is 6.54 Å². The van der Waals surface area contributed by atoms with Crippen LogP contribution in [-0.2, 0) is 6.54 Å². The largest absolute Gasteiger partial charge is 0.338 e. The first kappa shape index (κ1) is 12.1. The van der Waals surface area contributed by atoms with E-state index in [4.69, 9.17) is 16.1 Å². The molecule has 0 spiro atoms. The van der Waals surface area contributed by atoms with Gasteiger partial charge in [0.25, 0.3) is 0 Å². The number of hydrogen-bond donors (Lipinski definition) is 1. The average molecular weight is 252 g/mol. The molecule has 90 valence electrons. The monoisotopic (exact) mass is 251 g/mol. The molecule has 1 N–H and O–H groups in total. The highest BCUT2D eigenvalue weighted by molar-refractivity contribution is 6.31. The topological polar surface area (TPSA) is 51.0 Å². The molecule has 4 nitrogen and oxygen atoms in total. The van der Waals surface area contributed by atoms with Crippen molar-refractivity contribution < 1.29 is 4.52 Å². The highest BCUT2D eigenvalue weighted by Gasteiger charge is 2.10. The van der Waals surface area contributed by atoms with E-state index in [9.17, 15) is 0 Å². The second kappa shape index (κ2) is 5.29. The molecule has 0 aliphatic carbocycles. The van der Waals surface area contributed by atoms with E-state index >= 15 is 0 Å². The molecular weight excluding hydrogens is 238 g/mol. The van der Waals surface area contributed by atoms with E-state index in [0.717, 1.165) is 10.6 Å². The number of halogens is 1. The van der Waals surface area contributed by atoms with Gasteiger partial charge in [-0.25, -0.2) is 0 Å². The SMILES string of the molecule is Cc1noc(CNC(C)c2ccccc2Cl)n1. The minimum Gasteiger partial charge on any atom is -0.338 e. The second-order valence-electron chi connectivity index (χ2n) is 3.86. The Hall–Kier alpha value is -1.39. The van der Waals surface area contributed by atoms with Crippen molar-refractivity contribution in [2.45, 2.75) is 26.4 Å². The van der Waals surface area contributed by atoms with Crippen LogP contribution in [0.1, 0.15) is 30.2 Å². The standard InChI is InChI=1S/C12H14ClN3O/c1-8(10-5-3-4-6-11(10)13)14-7-12-15-9(2)16-17-12/h3-6,8,14H,7H2,1-2H3. The number of benzene rings is 1. The Kier molecular flexibility index (Phi) is 3.76. The molecule has 1 heterocycles. The van der Waals surface area contributed by atoms with Crippen molar-refractivity contribution in [2.24, 2.45) is 0 Å². The van der Waals surface area contributed by atoms with Crippen LogP contribution in [0.2, 0.25) is 5.02 Å².